The van der Waals surface area contributed by atoms with Gasteiger partial charge >= 0.3 is 0 Å². The summed E-state index contributed by atoms with van der Waals surface area (Å²) in [5.74, 6) is 1.40. The van der Waals surface area contributed by atoms with E-state index in [1.165, 1.54) is 0 Å². The fraction of sp³-hybridized carbons (Fsp3) is 0.423. The van der Waals surface area contributed by atoms with Gasteiger partial charge in [0.2, 0.25) is 11.8 Å². The number of β-amino-alcohol motifs (C(OH)–C–C–N with tert-alkyl or cyclic N) is 1. The highest BCUT2D eigenvalue weighted by Gasteiger charge is 2.31. The van der Waals surface area contributed by atoms with Gasteiger partial charge in [-0.25, -0.2) is 9.36 Å². The van der Waals surface area contributed by atoms with Gasteiger partial charge in [0.15, 0.2) is 0 Å². The molecule has 10 nitrogen and oxygen atoms in total. The van der Waals surface area contributed by atoms with Crippen LogP contribution in [0.5, 0.6) is 11.8 Å². The molecule has 2 aliphatic rings. The van der Waals surface area contributed by atoms with E-state index in [4.69, 9.17) is 14.6 Å². The first-order chi connectivity index (χ1) is 17.5. The highest BCUT2D eigenvalue weighted by Crippen LogP contribution is 2.35. The standard InChI is InChI=1S/C26H31N7O3/c1-16-18-6-8-22-19-13-17(5-7-21(19)28-29-22)20-14-27-32(3)25(20)35-11-4-12-36-26(18)33(30-16)23-9-10-31(2)15-24(23)34/h5-8,13-14,23-24,34H,4,9-12,15H2,1-3H3,(H,28,29)/b8-6+/t23?,24-/m0/s1. The van der Waals surface area contributed by atoms with Crippen LogP contribution in [-0.4, -0.2) is 79.2 Å². The second kappa shape index (κ2) is 9.11. The number of benzene rings is 1. The Morgan fingerprint density at radius 1 is 1.11 bits per heavy atom. The van der Waals surface area contributed by atoms with Crippen molar-refractivity contribution in [3.63, 3.8) is 0 Å². The van der Waals surface area contributed by atoms with Crippen LogP contribution in [-0.2, 0) is 7.05 Å². The highest BCUT2D eigenvalue weighted by atomic mass is 16.5. The summed E-state index contributed by atoms with van der Waals surface area (Å²) in [7, 11) is 3.91. The monoisotopic (exact) mass is 489 g/mol. The SMILES string of the molecule is Cc1nn(C2CCN(C)C[C@@H]2O)c2c1/C=C/c1[nH]nc3ccc(cc13)-c1cnn(C)c1OCCCO2. The summed E-state index contributed by atoms with van der Waals surface area (Å²) in [6.45, 7) is 4.44. The largest absolute Gasteiger partial charge is 0.477 e. The lowest BCUT2D eigenvalue weighted by Gasteiger charge is -2.34. The van der Waals surface area contributed by atoms with Crippen molar-refractivity contribution in [3.05, 3.63) is 41.3 Å². The number of likely N-dealkylation sites (tertiary alicyclic amines) is 1. The molecule has 2 bridgehead atoms. The number of nitrogens with one attached hydrogen (secondary N) is 1. The quantitative estimate of drug-likeness (QED) is 0.423. The molecule has 5 heterocycles. The smallest absolute Gasteiger partial charge is 0.219 e. The van der Waals surface area contributed by atoms with E-state index in [2.05, 4.69) is 26.3 Å². The number of piperidine rings is 1. The fourth-order valence-corrected chi connectivity index (χ4v) is 5.15. The van der Waals surface area contributed by atoms with Crippen LogP contribution in [0.3, 0.4) is 0 Å². The number of nitrogens with zero attached hydrogens (tertiary/aromatic N) is 6. The predicted octanol–water partition coefficient (Wildman–Crippen LogP) is 3.04. The topological polar surface area (TPSA) is 106 Å². The maximum atomic E-state index is 10.8. The molecule has 2 aliphatic heterocycles. The Bertz CT molecular complexity index is 1430. The van der Waals surface area contributed by atoms with Crippen molar-refractivity contribution < 1.29 is 14.6 Å². The zero-order valence-electron chi connectivity index (χ0n) is 20.8. The number of aromatic nitrogens is 6. The van der Waals surface area contributed by atoms with Gasteiger partial charge in [-0.2, -0.15) is 15.3 Å². The van der Waals surface area contributed by atoms with E-state index in [1.54, 1.807) is 4.68 Å². The van der Waals surface area contributed by atoms with Crippen LogP contribution in [0.4, 0.5) is 0 Å². The van der Waals surface area contributed by atoms with E-state index in [1.807, 2.05) is 56.2 Å². The third kappa shape index (κ3) is 3.96. The summed E-state index contributed by atoms with van der Waals surface area (Å²) in [5.41, 5.74) is 5.50. The Hall–Kier alpha value is -3.63. The number of fused-ring (bicyclic) bond motifs is 4. The van der Waals surface area contributed by atoms with E-state index < -0.39 is 6.10 Å². The summed E-state index contributed by atoms with van der Waals surface area (Å²) >= 11 is 0. The molecule has 1 aromatic carbocycles. The van der Waals surface area contributed by atoms with E-state index >= 15 is 0 Å². The molecule has 1 fully saturated rings. The van der Waals surface area contributed by atoms with Crippen molar-refractivity contribution in [3.8, 4) is 22.9 Å². The number of aryl methyl sites for hydroxylation is 2. The third-order valence-electron chi connectivity index (χ3n) is 7.11. The maximum Gasteiger partial charge on any atom is 0.219 e. The number of aliphatic hydroxyl groups excluding tert-OH is 1. The molecule has 4 aromatic rings. The molecular weight excluding hydrogens is 458 g/mol. The fourth-order valence-electron chi connectivity index (χ4n) is 5.15. The van der Waals surface area contributed by atoms with Gasteiger partial charge in [-0.1, -0.05) is 6.07 Å². The molecule has 2 atom stereocenters. The van der Waals surface area contributed by atoms with Crippen molar-refractivity contribution in [2.24, 2.45) is 7.05 Å². The second-order valence-corrected chi connectivity index (χ2v) is 9.67. The number of ether oxygens (including phenoxy) is 2. The van der Waals surface area contributed by atoms with Crippen LogP contribution in [0.15, 0.2) is 24.4 Å². The lowest BCUT2D eigenvalue weighted by Crippen LogP contribution is -2.43. The maximum absolute atomic E-state index is 10.8. The molecule has 1 unspecified atom stereocenters. The number of likely N-dealkylation sites (N-methyl/N-ethyl adjacent to an activating group) is 1. The molecule has 0 saturated carbocycles. The molecule has 36 heavy (non-hydrogen) atoms. The average molecular weight is 490 g/mol. The first-order valence-electron chi connectivity index (χ1n) is 12.4. The van der Waals surface area contributed by atoms with Gasteiger partial charge in [0.1, 0.15) is 0 Å². The molecule has 0 radical (unpaired) electrons. The number of hydrogen-bond donors (Lipinski definition) is 2. The molecular formula is C26H31N7O3. The predicted molar refractivity (Wildman–Crippen MR) is 137 cm³/mol. The first kappa shape index (κ1) is 22.8. The molecule has 1 saturated heterocycles. The minimum absolute atomic E-state index is 0.136. The molecule has 0 spiro atoms. The van der Waals surface area contributed by atoms with Gasteiger partial charge in [-0.05, 0) is 50.2 Å². The van der Waals surface area contributed by atoms with Crippen LogP contribution in [0, 0.1) is 6.92 Å². The lowest BCUT2D eigenvalue weighted by atomic mass is 10.0. The summed E-state index contributed by atoms with van der Waals surface area (Å²) in [6.07, 6.45) is 6.86. The van der Waals surface area contributed by atoms with E-state index in [0.717, 1.165) is 57.8 Å². The number of aliphatic hydroxyl groups is 1. The van der Waals surface area contributed by atoms with Crippen LogP contribution in [0.2, 0.25) is 0 Å². The Kier molecular flexibility index (Phi) is 5.77. The summed E-state index contributed by atoms with van der Waals surface area (Å²) in [5, 5.41) is 28.7. The number of H-pyrrole nitrogens is 1. The van der Waals surface area contributed by atoms with Gasteiger partial charge in [0.05, 0.1) is 59.6 Å². The van der Waals surface area contributed by atoms with Crippen molar-refractivity contribution in [2.45, 2.75) is 31.9 Å². The zero-order chi connectivity index (χ0) is 24.8. The van der Waals surface area contributed by atoms with Crippen molar-refractivity contribution in [1.29, 1.82) is 0 Å². The lowest BCUT2D eigenvalue weighted by molar-refractivity contribution is 0.0288. The number of aromatic amines is 1. The summed E-state index contributed by atoms with van der Waals surface area (Å²) in [4.78, 5) is 2.14. The van der Waals surface area contributed by atoms with Crippen molar-refractivity contribution in [2.75, 3.05) is 33.4 Å². The van der Waals surface area contributed by atoms with Gasteiger partial charge in [-0.15, -0.1) is 0 Å². The van der Waals surface area contributed by atoms with Gasteiger partial charge in [0, 0.05) is 31.9 Å². The molecule has 10 heteroatoms. The second-order valence-electron chi connectivity index (χ2n) is 9.67. The van der Waals surface area contributed by atoms with E-state index in [9.17, 15) is 5.11 Å². The van der Waals surface area contributed by atoms with E-state index in [-0.39, 0.29) is 6.04 Å². The molecule has 188 valence electrons. The van der Waals surface area contributed by atoms with Crippen LogP contribution in [0.1, 0.15) is 35.8 Å². The van der Waals surface area contributed by atoms with Crippen LogP contribution >= 0.6 is 0 Å². The molecule has 0 amide bonds. The highest BCUT2D eigenvalue weighted by molar-refractivity contribution is 5.93. The minimum atomic E-state index is -0.516. The Labute approximate surface area is 209 Å². The van der Waals surface area contributed by atoms with Crippen LogP contribution in [0.25, 0.3) is 34.2 Å². The first-order valence-corrected chi connectivity index (χ1v) is 12.4. The average Bonchev–Trinajstić information content (AvgIpc) is 3.52. The Morgan fingerprint density at radius 2 is 1.94 bits per heavy atom. The normalized spacial score (nSPS) is 21.8. The van der Waals surface area contributed by atoms with Crippen LogP contribution < -0.4 is 9.47 Å². The molecule has 3 aromatic heterocycles. The summed E-state index contributed by atoms with van der Waals surface area (Å²) in [6, 6.07) is 6.03. The van der Waals surface area contributed by atoms with E-state index in [0.29, 0.717) is 32.1 Å². The zero-order valence-corrected chi connectivity index (χ0v) is 20.8. The van der Waals surface area contributed by atoms with Gasteiger partial charge < -0.3 is 19.5 Å². The number of rotatable bonds is 1. The Balaban J connectivity index is 1.44. The molecule has 6 rings (SSSR count). The third-order valence-corrected chi connectivity index (χ3v) is 7.11. The Morgan fingerprint density at radius 3 is 2.78 bits per heavy atom. The minimum Gasteiger partial charge on any atom is -0.477 e. The van der Waals surface area contributed by atoms with Crippen molar-refractivity contribution in [1.82, 2.24) is 34.7 Å². The molecule has 0 aliphatic carbocycles. The van der Waals surface area contributed by atoms with Gasteiger partial charge in [-0.3, -0.25) is 5.10 Å². The van der Waals surface area contributed by atoms with Crippen molar-refractivity contribution >= 4 is 23.1 Å². The van der Waals surface area contributed by atoms with Gasteiger partial charge in [0.25, 0.3) is 0 Å². The molecule has 2 N–H and O–H groups in total. The number of hydrogen-bond acceptors (Lipinski definition) is 7. The summed E-state index contributed by atoms with van der Waals surface area (Å²) < 4.78 is 16.1.